The predicted molar refractivity (Wildman–Crippen MR) is 179 cm³/mol. The first-order valence-corrected chi connectivity index (χ1v) is 16.1. The Morgan fingerprint density at radius 3 is 2.44 bits per heavy atom. The number of fused-ring (bicyclic) bond motifs is 1. The largest absolute Gasteiger partial charge is 0.493 e. The first kappa shape index (κ1) is 32.6. The molecule has 240 valence electrons. The zero-order chi connectivity index (χ0) is 32.1. The number of amides is 2. The minimum atomic E-state index is -0.392. The number of nitrogens with one attached hydrogen (secondary N) is 2. The standard InChI is InChI=1S/C35H44ClN5O4/c1-22(2)45-31-18-29-25(16-30(31)44-5)17-34(43)41(35(29)24-8-10-26(36)11-9-24)28-14-15-32(39-19-28)40(4)21-23-6-12-27(13-7-23)38-20-33(42)37-3/h8-11,14-16,18-19,22-23,27,35,38H,6-7,12-13,17,20-21H2,1-5H3,(H,37,42)/t23-,27-,35-/m0/s1. The summed E-state index contributed by atoms with van der Waals surface area (Å²) in [7, 11) is 5.35. The lowest BCUT2D eigenvalue weighted by atomic mass is 9.85. The fourth-order valence-electron chi connectivity index (χ4n) is 6.43. The third-order valence-corrected chi connectivity index (χ3v) is 9.00. The summed E-state index contributed by atoms with van der Waals surface area (Å²) in [5, 5.41) is 6.67. The molecule has 1 saturated carbocycles. The van der Waals surface area contributed by atoms with E-state index < -0.39 is 6.04 Å². The van der Waals surface area contributed by atoms with E-state index in [1.807, 2.05) is 67.3 Å². The monoisotopic (exact) mass is 633 g/mol. The Morgan fingerprint density at radius 2 is 1.82 bits per heavy atom. The van der Waals surface area contributed by atoms with Gasteiger partial charge in [0.2, 0.25) is 11.8 Å². The molecule has 9 nitrogen and oxygen atoms in total. The van der Waals surface area contributed by atoms with Crippen LogP contribution in [-0.2, 0) is 16.0 Å². The zero-order valence-corrected chi connectivity index (χ0v) is 27.6. The number of nitrogens with zero attached hydrogens (tertiary/aromatic N) is 3. The van der Waals surface area contributed by atoms with Crippen molar-refractivity contribution < 1.29 is 19.1 Å². The number of ether oxygens (including phenoxy) is 2. The average Bonchev–Trinajstić information content (AvgIpc) is 3.04. The van der Waals surface area contributed by atoms with Crippen molar-refractivity contribution in [3.63, 3.8) is 0 Å². The molecule has 1 fully saturated rings. The Morgan fingerprint density at radius 1 is 1.09 bits per heavy atom. The van der Waals surface area contributed by atoms with E-state index >= 15 is 0 Å². The predicted octanol–water partition coefficient (Wildman–Crippen LogP) is 5.54. The molecule has 2 N–H and O–H groups in total. The van der Waals surface area contributed by atoms with E-state index in [4.69, 9.17) is 26.1 Å². The molecule has 45 heavy (non-hydrogen) atoms. The van der Waals surface area contributed by atoms with Gasteiger partial charge in [0.25, 0.3) is 0 Å². The third-order valence-electron chi connectivity index (χ3n) is 8.75. The van der Waals surface area contributed by atoms with Crippen molar-refractivity contribution in [3.8, 4) is 11.5 Å². The van der Waals surface area contributed by atoms with Gasteiger partial charge in [0.15, 0.2) is 11.5 Å². The van der Waals surface area contributed by atoms with Crippen LogP contribution in [0, 0.1) is 5.92 Å². The van der Waals surface area contributed by atoms with Gasteiger partial charge in [-0.1, -0.05) is 23.7 Å². The normalized spacial score (nSPS) is 19.7. The molecule has 3 aromatic rings. The summed E-state index contributed by atoms with van der Waals surface area (Å²) in [5.74, 6) is 2.68. The number of carbonyl (C=O) groups excluding carboxylic acids is 2. The van der Waals surface area contributed by atoms with Gasteiger partial charge in [-0.05, 0) is 98.5 Å². The maximum absolute atomic E-state index is 13.8. The van der Waals surface area contributed by atoms with Gasteiger partial charge in [0, 0.05) is 31.7 Å². The lowest BCUT2D eigenvalue weighted by molar-refractivity contribution is -0.120. The molecule has 0 bridgehead atoms. The van der Waals surface area contributed by atoms with Crippen molar-refractivity contribution in [1.29, 1.82) is 0 Å². The van der Waals surface area contributed by atoms with E-state index in [1.54, 1.807) is 20.4 Å². The van der Waals surface area contributed by atoms with E-state index in [2.05, 4.69) is 22.6 Å². The molecule has 0 saturated heterocycles. The molecule has 0 radical (unpaired) electrons. The van der Waals surface area contributed by atoms with Gasteiger partial charge >= 0.3 is 0 Å². The number of hydrogen-bond acceptors (Lipinski definition) is 7. The van der Waals surface area contributed by atoms with Crippen LogP contribution in [0.1, 0.15) is 62.3 Å². The highest BCUT2D eigenvalue weighted by molar-refractivity contribution is 6.30. The zero-order valence-electron chi connectivity index (χ0n) is 26.8. The molecule has 0 spiro atoms. The summed E-state index contributed by atoms with van der Waals surface area (Å²) in [6.07, 6.45) is 6.32. The molecule has 1 atom stereocenters. The molecular formula is C35H44ClN5O4. The van der Waals surface area contributed by atoms with Crippen molar-refractivity contribution >= 4 is 34.9 Å². The number of aromatic nitrogens is 1. The minimum Gasteiger partial charge on any atom is -0.493 e. The lowest BCUT2D eigenvalue weighted by Crippen LogP contribution is -2.41. The minimum absolute atomic E-state index is 0.0199. The van der Waals surface area contributed by atoms with Crippen LogP contribution in [-0.4, -0.2) is 63.2 Å². The molecule has 1 aliphatic carbocycles. The van der Waals surface area contributed by atoms with Crippen molar-refractivity contribution in [2.45, 2.75) is 64.1 Å². The van der Waals surface area contributed by atoms with E-state index in [0.29, 0.717) is 35.0 Å². The van der Waals surface area contributed by atoms with E-state index in [1.165, 1.54) is 0 Å². The maximum atomic E-state index is 13.8. The van der Waals surface area contributed by atoms with E-state index in [0.717, 1.165) is 60.4 Å². The Hall–Kier alpha value is -3.82. The molecule has 0 unspecified atom stereocenters. The fraction of sp³-hybridized carbons (Fsp3) is 0.457. The van der Waals surface area contributed by atoms with Crippen LogP contribution in [0.3, 0.4) is 0 Å². The second-order valence-corrected chi connectivity index (χ2v) is 12.7. The summed E-state index contributed by atoms with van der Waals surface area (Å²) in [6, 6.07) is 15.5. The van der Waals surface area contributed by atoms with Gasteiger partial charge in [-0.15, -0.1) is 0 Å². The molecule has 2 heterocycles. The first-order chi connectivity index (χ1) is 21.7. The Labute approximate surface area is 271 Å². The van der Waals surface area contributed by atoms with E-state index in [9.17, 15) is 9.59 Å². The van der Waals surface area contributed by atoms with Crippen LogP contribution in [0.15, 0.2) is 54.7 Å². The third kappa shape index (κ3) is 7.71. The van der Waals surface area contributed by atoms with Crippen molar-refractivity contribution in [3.05, 3.63) is 76.4 Å². The Kier molecular flexibility index (Phi) is 10.5. The fourth-order valence-corrected chi connectivity index (χ4v) is 6.56. The van der Waals surface area contributed by atoms with Gasteiger partial charge in [0.1, 0.15) is 5.82 Å². The average molecular weight is 634 g/mol. The molecule has 1 aromatic heterocycles. The van der Waals surface area contributed by atoms with Crippen LogP contribution in [0.4, 0.5) is 11.5 Å². The van der Waals surface area contributed by atoms with Gasteiger partial charge in [-0.3, -0.25) is 14.5 Å². The number of halogens is 1. The second kappa shape index (κ2) is 14.5. The van der Waals surface area contributed by atoms with E-state index in [-0.39, 0.29) is 24.3 Å². The summed E-state index contributed by atoms with van der Waals surface area (Å²) in [4.78, 5) is 34.3. The SMILES string of the molecule is CNC(=O)CN[C@H]1CC[C@H](CN(C)c2ccc(N3C(=O)Cc4cc(OC)c(OC(C)C)cc4[C@@H]3c3ccc(Cl)cc3)cn2)CC1. The van der Waals surface area contributed by atoms with Crippen LogP contribution in [0.5, 0.6) is 11.5 Å². The summed E-state index contributed by atoms with van der Waals surface area (Å²) < 4.78 is 11.8. The maximum Gasteiger partial charge on any atom is 0.233 e. The molecule has 2 aromatic carbocycles. The van der Waals surface area contributed by atoms with Crippen molar-refractivity contribution in [2.24, 2.45) is 5.92 Å². The highest BCUT2D eigenvalue weighted by atomic mass is 35.5. The van der Waals surface area contributed by atoms with Gasteiger partial charge in [0.05, 0.1) is 44.1 Å². The van der Waals surface area contributed by atoms with Crippen LogP contribution in [0.25, 0.3) is 0 Å². The van der Waals surface area contributed by atoms with Crippen molar-refractivity contribution in [2.75, 3.05) is 44.1 Å². The molecule has 2 amide bonds. The smallest absolute Gasteiger partial charge is 0.233 e. The topological polar surface area (TPSA) is 96.0 Å². The van der Waals surface area contributed by atoms with Gasteiger partial charge < -0.3 is 25.0 Å². The molecule has 5 rings (SSSR count). The molecule has 2 aliphatic rings. The number of rotatable bonds is 11. The number of anilines is 2. The van der Waals surface area contributed by atoms with Gasteiger partial charge in [-0.2, -0.15) is 0 Å². The van der Waals surface area contributed by atoms with Crippen molar-refractivity contribution in [1.82, 2.24) is 15.6 Å². The molecule has 10 heteroatoms. The first-order valence-electron chi connectivity index (χ1n) is 15.7. The summed E-state index contributed by atoms with van der Waals surface area (Å²) in [6.45, 7) is 5.23. The molecule has 1 aliphatic heterocycles. The highest BCUT2D eigenvalue weighted by Gasteiger charge is 2.36. The number of benzene rings is 2. The highest BCUT2D eigenvalue weighted by Crippen LogP contribution is 2.44. The molecular weight excluding hydrogens is 590 g/mol. The quantitative estimate of drug-likeness (QED) is 0.286. The van der Waals surface area contributed by atoms with Crippen LogP contribution >= 0.6 is 11.6 Å². The van der Waals surface area contributed by atoms with Crippen LogP contribution in [0.2, 0.25) is 5.02 Å². The lowest BCUT2D eigenvalue weighted by Gasteiger charge is -2.38. The Bertz CT molecular complexity index is 1470. The number of carbonyl (C=O) groups is 2. The second-order valence-electron chi connectivity index (χ2n) is 12.3. The summed E-state index contributed by atoms with van der Waals surface area (Å²) in [5.41, 5.74) is 3.56. The number of hydrogen-bond donors (Lipinski definition) is 2. The Balaban J connectivity index is 1.36. The van der Waals surface area contributed by atoms with Gasteiger partial charge in [-0.25, -0.2) is 4.98 Å². The van der Waals surface area contributed by atoms with Crippen LogP contribution < -0.4 is 29.9 Å². The number of pyridine rings is 1. The summed E-state index contributed by atoms with van der Waals surface area (Å²) >= 11 is 6.26. The number of likely N-dealkylation sites (N-methyl/N-ethyl adjacent to an activating group) is 1. The number of methoxy groups -OCH3 is 1.